The van der Waals surface area contributed by atoms with Crippen molar-refractivity contribution in [1.82, 2.24) is 4.98 Å². The van der Waals surface area contributed by atoms with Gasteiger partial charge >= 0.3 is 0 Å². The molecule has 1 heterocycles. The molecule has 96 valence electrons. The quantitative estimate of drug-likeness (QED) is 0.768. The fraction of sp³-hybridized carbons (Fsp3) is 0.600. The highest BCUT2D eigenvalue weighted by molar-refractivity contribution is 7.09. The first-order valence-corrected chi connectivity index (χ1v) is 7.61. The van der Waals surface area contributed by atoms with Gasteiger partial charge in [-0.15, -0.1) is 11.3 Å². The average Bonchev–Trinajstić information content (AvgIpc) is 2.79. The molecule has 0 saturated carbocycles. The second-order valence-electron chi connectivity index (χ2n) is 6.03. The highest BCUT2D eigenvalue weighted by atomic mass is 32.1. The van der Waals surface area contributed by atoms with Crippen molar-refractivity contribution in [1.29, 1.82) is 0 Å². The standard InChI is InChI=1S/C15H19NOS/c1-4-10-12-9(5-6-15(2,3)14(12)17)7-11-13(10)18-8-16-11/h8,10H,4-7H2,1-3H3. The van der Waals surface area contributed by atoms with Crippen LogP contribution in [-0.4, -0.2) is 10.8 Å². The second-order valence-corrected chi connectivity index (χ2v) is 6.92. The van der Waals surface area contributed by atoms with Crippen molar-refractivity contribution >= 4 is 17.1 Å². The van der Waals surface area contributed by atoms with E-state index in [1.165, 1.54) is 16.1 Å². The third kappa shape index (κ3) is 1.60. The number of rotatable bonds is 1. The van der Waals surface area contributed by atoms with Crippen LogP contribution in [0.15, 0.2) is 16.7 Å². The Kier molecular flexibility index (Phi) is 2.70. The van der Waals surface area contributed by atoms with Crippen LogP contribution < -0.4 is 0 Å². The number of carbonyl (C=O) groups excluding carboxylic acids is 1. The molecule has 1 aromatic heterocycles. The number of allylic oxidation sites excluding steroid dienone is 2. The minimum atomic E-state index is -0.172. The van der Waals surface area contributed by atoms with Crippen molar-refractivity contribution < 1.29 is 4.79 Å². The third-order valence-corrected chi connectivity index (χ3v) is 5.40. The van der Waals surface area contributed by atoms with E-state index in [2.05, 4.69) is 25.8 Å². The summed E-state index contributed by atoms with van der Waals surface area (Å²) in [5.41, 5.74) is 5.48. The molecule has 0 fully saturated rings. The largest absolute Gasteiger partial charge is 0.294 e. The van der Waals surface area contributed by atoms with Crippen LogP contribution in [0.1, 0.15) is 56.5 Å². The van der Waals surface area contributed by atoms with Crippen LogP contribution in [0.3, 0.4) is 0 Å². The first-order valence-electron chi connectivity index (χ1n) is 6.73. The predicted molar refractivity (Wildman–Crippen MR) is 73.9 cm³/mol. The van der Waals surface area contributed by atoms with Gasteiger partial charge in [0.15, 0.2) is 5.78 Å². The average molecular weight is 261 g/mol. The maximum atomic E-state index is 12.7. The molecule has 0 bridgehead atoms. The van der Waals surface area contributed by atoms with Gasteiger partial charge in [-0.05, 0) is 19.3 Å². The molecule has 18 heavy (non-hydrogen) atoms. The smallest absolute Gasteiger partial charge is 0.165 e. The lowest BCUT2D eigenvalue weighted by atomic mass is 9.66. The van der Waals surface area contributed by atoms with E-state index >= 15 is 0 Å². The minimum Gasteiger partial charge on any atom is -0.294 e. The maximum absolute atomic E-state index is 12.7. The molecule has 0 aromatic carbocycles. The van der Waals surface area contributed by atoms with Gasteiger partial charge in [0.2, 0.25) is 0 Å². The van der Waals surface area contributed by atoms with Gasteiger partial charge in [-0.25, -0.2) is 4.98 Å². The summed E-state index contributed by atoms with van der Waals surface area (Å²) >= 11 is 1.72. The first-order chi connectivity index (χ1) is 8.54. The van der Waals surface area contributed by atoms with Crippen LogP contribution in [0.25, 0.3) is 0 Å². The predicted octanol–water partition coefficient (Wildman–Crippen LogP) is 3.88. The lowest BCUT2D eigenvalue weighted by Crippen LogP contribution is -2.35. The molecule has 1 unspecified atom stereocenters. The van der Waals surface area contributed by atoms with Gasteiger partial charge < -0.3 is 0 Å². The summed E-state index contributed by atoms with van der Waals surface area (Å²) < 4.78 is 0. The number of aromatic nitrogens is 1. The van der Waals surface area contributed by atoms with Crippen LogP contribution in [-0.2, 0) is 11.2 Å². The first kappa shape index (κ1) is 12.1. The van der Waals surface area contributed by atoms with Crippen molar-refractivity contribution in [3.8, 4) is 0 Å². The second kappa shape index (κ2) is 4.02. The maximum Gasteiger partial charge on any atom is 0.165 e. The number of hydrogen-bond acceptors (Lipinski definition) is 3. The number of Topliss-reactive ketones (excluding diaryl/α,β-unsaturated/α-hetero) is 1. The van der Waals surface area contributed by atoms with Crippen molar-refractivity contribution in [2.24, 2.45) is 5.41 Å². The van der Waals surface area contributed by atoms with Crippen molar-refractivity contribution in [3.63, 3.8) is 0 Å². The molecular formula is C15H19NOS. The van der Waals surface area contributed by atoms with E-state index < -0.39 is 0 Å². The van der Waals surface area contributed by atoms with Crippen LogP contribution in [0, 0.1) is 5.41 Å². The van der Waals surface area contributed by atoms with Gasteiger partial charge in [-0.1, -0.05) is 26.3 Å². The monoisotopic (exact) mass is 261 g/mol. The number of hydrogen-bond donors (Lipinski definition) is 0. The summed E-state index contributed by atoms with van der Waals surface area (Å²) in [7, 11) is 0. The van der Waals surface area contributed by atoms with Crippen molar-refractivity contribution in [2.75, 3.05) is 0 Å². The summed E-state index contributed by atoms with van der Waals surface area (Å²) in [5, 5.41) is 0. The normalized spacial score (nSPS) is 25.9. The molecule has 2 aliphatic rings. The van der Waals surface area contributed by atoms with Gasteiger partial charge in [-0.2, -0.15) is 0 Å². The molecule has 3 heteroatoms. The van der Waals surface area contributed by atoms with Gasteiger partial charge in [-0.3, -0.25) is 4.79 Å². The van der Waals surface area contributed by atoms with Gasteiger partial charge in [0.05, 0.1) is 11.2 Å². The van der Waals surface area contributed by atoms with Crippen molar-refractivity contribution in [3.05, 3.63) is 27.2 Å². The zero-order valence-electron chi connectivity index (χ0n) is 11.2. The Labute approximate surface area is 112 Å². The summed E-state index contributed by atoms with van der Waals surface area (Å²) in [6.07, 6.45) is 3.98. The zero-order valence-corrected chi connectivity index (χ0v) is 12.1. The SMILES string of the molecule is CCC1C2=C(CCC(C)(C)C2=O)Cc2ncsc21. The van der Waals surface area contributed by atoms with E-state index in [0.717, 1.165) is 31.3 Å². The number of fused-ring (bicyclic) bond motifs is 1. The van der Waals surface area contributed by atoms with E-state index in [1.54, 1.807) is 11.3 Å². The molecule has 3 rings (SSSR count). The van der Waals surface area contributed by atoms with E-state index in [1.807, 2.05) is 5.51 Å². The molecule has 2 aliphatic carbocycles. The molecule has 0 saturated heterocycles. The Morgan fingerprint density at radius 3 is 3.00 bits per heavy atom. The highest BCUT2D eigenvalue weighted by Crippen LogP contribution is 2.48. The van der Waals surface area contributed by atoms with Gasteiger partial charge in [0.25, 0.3) is 0 Å². The zero-order chi connectivity index (χ0) is 12.9. The van der Waals surface area contributed by atoms with Crippen LogP contribution in [0.4, 0.5) is 0 Å². The topological polar surface area (TPSA) is 30.0 Å². The summed E-state index contributed by atoms with van der Waals surface area (Å²) in [4.78, 5) is 18.5. The summed E-state index contributed by atoms with van der Waals surface area (Å²) in [6.45, 7) is 6.36. The van der Waals surface area contributed by atoms with E-state index in [0.29, 0.717) is 11.7 Å². The molecule has 1 atom stereocenters. The lowest BCUT2D eigenvalue weighted by Gasteiger charge is -2.37. The molecular weight excluding hydrogens is 242 g/mol. The molecule has 1 aromatic rings. The Balaban J connectivity index is 2.11. The number of thiazole rings is 1. The fourth-order valence-corrected chi connectivity index (χ4v) is 4.25. The van der Waals surface area contributed by atoms with E-state index in [-0.39, 0.29) is 5.41 Å². The molecule has 0 radical (unpaired) electrons. The highest BCUT2D eigenvalue weighted by Gasteiger charge is 2.42. The van der Waals surface area contributed by atoms with E-state index in [9.17, 15) is 4.79 Å². The molecule has 0 amide bonds. The molecule has 2 nitrogen and oxygen atoms in total. The Morgan fingerprint density at radius 2 is 2.28 bits per heavy atom. The Hall–Kier alpha value is -0.960. The fourth-order valence-electron chi connectivity index (χ4n) is 3.24. The lowest BCUT2D eigenvalue weighted by molar-refractivity contribution is -0.124. The Morgan fingerprint density at radius 1 is 1.50 bits per heavy atom. The minimum absolute atomic E-state index is 0.172. The number of ketones is 1. The van der Waals surface area contributed by atoms with Gasteiger partial charge in [0, 0.05) is 28.2 Å². The van der Waals surface area contributed by atoms with E-state index in [4.69, 9.17) is 0 Å². The third-order valence-electron chi connectivity index (χ3n) is 4.42. The molecule has 0 aliphatic heterocycles. The number of nitrogens with zero attached hydrogens (tertiary/aromatic N) is 1. The van der Waals surface area contributed by atoms with Crippen LogP contribution in [0.2, 0.25) is 0 Å². The van der Waals surface area contributed by atoms with Crippen LogP contribution in [0.5, 0.6) is 0 Å². The molecule has 0 spiro atoms. The van der Waals surface area contributed by atoms with Crippen LogP contribution >= 0.6 is 11.3 Å². The summed E-state index contributed by atoms with van der Waals surface area (Å²) in [6, 6.07) is 0. The summed E-state index contributed by atoms with van der Waals surface area (Å²) in [5.74, 6) is 0.693. The van der Waals surface area contributed by atoms with Crippen molar-refractivity contribution in [2.45, 2.75) is 52.4 Å². The van der Waals surface area contributed by atoms with Gasteiger partial charge in [0.1, 0.15) is 0 Å². The number of carbonyl (C=O) groups is 1. The molecule has 0 N–H and O–H groups in total. The Bertz CT molecular complexity index is 538.